The van der Waals surface area contributed by atoms with Crippen molar-refractivity contribution in [1.82, 2.24) is 4.98 Å². The predicted molar refractivity (Wildman–Crippen MR) is 123 cm³/mol. The minimum absolute atomic E-state index is 0.00413. The third kappa shape index (κ3) is 5.16. The first-order chi connectivity index (χ1) is 15.4. The van der Waals surface area contributed by atoms with Gasteiger partial charge in [-0.15, -0.1) is 0 Å². The number of nitrogens with zero attached hydrogens (tertiary/aromatic N) is 2. The zero-order valence-electron chi connectivity index (χ0n) is 17.8. The summed E-state index contributed by atoms with van der Waals surface area (Å²) in [5.41, 5.74) is 2.00. The molecule has 6 nitrogen and oxygen atoms in total. The van der Waals surface area contributed by atoms with E-state index in [-0.39, 0.29) is 29.1 Å². The molecule has 32 heavy (non-hydrogen) atoms. The van der Waals surface area contributed by atoms with Gasteiger partial charge in [-0.25, -0.2) is 17.8 Å². The molecule has 9 heteroatoms. The number of ether oxygens (including phenoxy) is 1. The molecule has 1 saturated heterocycles. The Kier molecular flexibility index (Phi) is 6.88. The summed E-state index contributed by atoms with van der Waals surface area (Å²) >= 11 is 1.43. The lowest BCUT2D eigenvalue weighted by molar-refractivity contribution is -0.118. The van der Waals surface area contributed by atoms with Crippen molar-refractivity contribution in [3.8, 4) is 0 Å². The van der Waals surface area contributed by atoms with Crippen molar-refractivity contribution in [2.45, 2.75) is 43.6 Å². The molecule has 1 aliphatic rings. The van der Waals surface area contributed by atoms with E-state index >= 15 is 0 Å². The fourth-order valence-electron chi connectivity index (χ4n) is 3.69. The molecule has 0 spiro atoms. The molecule has 1 amide bonds. The highest BCUT2D eigenvalue weighted by atomic mass is 32.2. The predicted octanol–water partition coefficient (Wildman–Crippen LogP) is 4.37. The topological polar surface area (TPSA) is 76.6 Å². The quantitative estimate of drug-likeness (QED) is 0.451. The van der Waals surface area contributed by atoms with Crippen LogP contribution in [0.15, 0.2) is 47.4 Å². The van der Waals surface area contributed by atoms with Crippen molar-refractivity contribution in [2.24, 2.45) is 0 Å². The second kappa shape index (κ2) is 9.64. The van der Waals surface area contributed by atoms with E-state index in [1.54, 1.807) is 4.90 Å². The first kappa shape index (κ1) is 22.8. The third-order valence-electron chi connectivity index (χ3n) is 5.55. The van der Waals surface area contributed by atoms with Crippen LogP contribution in [0.4, 0.5) is 9.52 Å². The molecule has 2 aromatic carbocycles. The molecule has 3 aromatic rings. The number of carbonyl (C=O) groups excluding carboxylic acids is 1. The van der Waals surface area contributed by atoms with Crippen molar-refractivity contribution < 1.29 is 22.3 Å². The lowest BCUT2D eigenvalue weighted by Crippen LogP contribution is -2.38. The summed E-state index contributed by atoms with van der Waals surface area (Å²) in [5.74, 6) is -1.18. The Morgan fingerprint density at radius 2 is 2.03 bits per heavy atom. The van der Waals surface area contributed by atoms with Gasteiger partial charge in [-0.1, -0.05) is 24.3 Å². The van der Waals surface area contributed by atoms with Gasteiger partial charge in [0.2, 0.25) is 5.91 Å². The van der Waals surface area contributed by atoms with Gasteiger partial charge in [-0.3, -0.25) is 9.69 Å². The van der Waals surface area contributed by atoms with Gasteiger partial charge in [-0.05, 0) is 61.2 Å². The molecular formula is C23H25FN2O4S2. The average Bonchev–Trinajstić information content (AvgIpc) is 3.45. The molecule has 2 heterocycles. The summed E-state index contributed by atoms with van der Waals surface area (Å²) in [6.45, 7) is 3.08. The van der Waals surface area contributed by atoms with Gasteiger partial charge < -0.3 is 4.74 Å². The maximum absolute atomic E-state index is 13.2. The standard InChI is InChI=1S/C23H25FN2O4S2/c1-2-16-5-10-20-21(14-16)31-23(25-20)26(15-18-4-3-12-30-18)22(27)11-13-32(28,29)19-8-6-17(24)7-9-19/h5-10,14,18H,2-4,11-13,15H2,1H3. The molecule has 4 rings (SSSR count). The lowest BCUT2D eigenvalue weighted by atomic mass is 10.2. The smallest absolute Gasteiger partial charge is 0.229 e. The number of fused-ring (bicyclic) bond motifs is 1. The average molecular weight is 477 g/mol. The van der Waals surface area contributed by atoms with E-state index in [0.29, 0.717) is 18.3 Å². The van der Waals surface area contributed by atoms with Crippen LogP contribution < -0.4 is 4.90 Å². The molecular weight excluding hydrogens is 451 g/mol. The SMILES string of the molecule is CCc1ccc2nc(N(CC3CCCO3)C(=O)CCS(=O)(=O)c3ccc(F)cc3)sc2c1. The fourth-order valence-corrected chi connectivity index (χ4v) is 5.97. The van der Waals surface area contributed by atoms with Crippen LogP contribution >= 0.6 is 11.3 Å². The summed E-state index contributed by atoms with van der Waals surface area (Å²) in [4.78, 5) is 19.4. The first-order valence-electron chi connectivity index (χ1n) is 10.7. The normalized spacial score (nSPS) is 16.5. The number of carbonyl (C=O) groups is 1. The van der Waals surface area contributed by atoms with Crippen molar-refractivity contribution in [3.05, 3.63) is 53.8 Å². The van der Waals surface area contributed by atoms with E-state index < -0.39 is 15.7 Å². The molecule has 1 aromatic heterocycles. The number of rotatable bonds is 8. The molecule has 0 bridgehead atoms. The van der Waals surface area contributed by atoms with Gasteiger partial charge in [0.05, 0.1) is 33.5 Å². The molecule has 1 aliphatic heterocycles. The Bertz CT molecular complexity index is 1200. The summed E-state index contributed by atoms with van der Waals surface area (Å²) in [7, 11) is -3.71. The van der Waals surface area contributed by atoms with Crippen LogP contribution in [0.5, 0.6) is 0 Å². The number of aryl methyl sites for hydroxylation is 1. The molecule has 1 unspecified atom stereocenters. The Morgan fingerprint density at radius 1 is 1.25 bits per heavy atom. The van der Waals surface area contributed by atoms with Crippen molar-refractivity contribution in [1.29, 1.82) is 0 Å². The van der Waals surface area contributed by atoms with Crippen LogP contribution in [0.25, 0.3) is 10.2 Å². The molecule has 0 radical (unpaired) electrons. The summed E-state index contributed by atoms with van der Waals surface area (Å²) < 4.78 is 45.1. The van der Waals surface area contributed by atoms with Gasteiger partial charge in [-0.2, -0.15) is 0 Å². The highest BCUT2D eigenvalue weighted by Crippen LogP contribution is 2.31. The molecule has 1 fully saturated rings. The first-order valence-corrected chi connectivity index (χ1v) is 13.1. The van der Waals surface area contributed by atoms with E-state index in [0.717, 1.165) is 41.6 Å². The molecule has 0 saturated carbocycles. The Balaban J connectivity index is 1.55. The summed E-state index contributed by atoms with van der Waals surface area (Å²) in [5, 5.41) is 0.549. The number of anilines is 1. The number of sulfone groups is 1. The van der Waals surface area contributed by atoms with Crippen LogP contribution in [0.1, 0.15) is 31.7 Å². The number of aromatic nitrogens is 1. The zero-order chi connectivity index (χ0) is 22.7. The van der Waals surface area contributed by atoms with E-state index in [1.807, 2.05) is 12.1 Å². The largest absolute Gasteiger partial charge is 0.376 e. The van der Waals surface area contributed by atoms with Gasteiger partial charge >= 0.3 is 0 Å². The van der Waals surface area contributed by atoms with Crippen LogP contribution in [-0.4, -0.2) is 44.3 Å². The van der Waals surface area contributed by atoms with E-state index in [2.05, 4.69) is 18.0 Å². The number of amides is 1. The maximum Gasteiger partial charge on any atom is 0.229 e. The maximum atomic E-state index is 13.2. The van der Waals surface area contributed by atoms with Gasteiger partial charge in [0, 0.05) is 13.0 Å². The van der Waals surface area contributed by atoms with Crippen LogP contribution in [0.2, 0.25) is 0 Å². The van der Waals surface area contributed by atoms with Gasteiger partial charge in [0.15, 0.2) is 15.0 Å². The number of thiazole rings is 1. The van der Waals surface area contributed by atoms with Crippen LogP contribution in [0.3, 0.4) is 0 Å². The number of hydrogen-bond acceptors (Lipinski definition) is 6. The molecule has 0 aliphatic carbocycles. The van der Waals surface area contributed by atoms with Gasteiger partial charge in [0.25, 0.3) is 0 Å². The highest BCUT2D eigenvalue weighted by molar-refractivity contribution is 7.91. The van der Waals surface area contributed by atoms with E-state index in [1.165, 1.54) is 29.0 Å². The number of hydrogen-bond donors (Lipinski definition) is 0. The second-order valence-electron chi connectivity index (χ2n) is 7.81. The Morgan fingerprint density at radius 3 is 2.72 bits per heavy atom. The monoisotopic (exact) mass is 476 g/mol. The van der Waals surface area contributed by atoms with Crippen LogP contribution in [-0.2, 0) is 25.8 Å². The highest BCUT2D eigenvalue weighted by Gasteiger charge is 2.27. The fraction of sp³-hybridized carbons (Fsp3) is 0.391. The van der Waals surface area contributed by atoms with E-state index in [4.69, 9.17) is 4.74 Å². The molecule has 1 atom stereocenters. The Hall–Kier alpha value is -2.36. The molecule has 170 valence electrons. The number of halogens is 1. The van der Waals surface area contributed by atoms with Gasteiger partial charge in [0.1, 0.15) is 5.82 Å². The van der Waals surface area contributed by atoms with Crippen molar-refractivity contribution in [2.75, 3.05) is 23.8 Å². The molecule has 0 N–H and O–H groups in total. The van der Waals surface area contributed by atoms with E-state index in [9.17, 15) is 17.6 Å². The lowest BCUT2D eigenvalue weighted by Gasteiger charge is -2.23. The van der Waals surface area contributed by atoms with Crippen molar-refractivity contribution >= 4 is 42.4 Å². The third-order valence-corrected chi connectivity index (χ3v) is 8.32. The minimum Gasteiger partial charge on any atom is -0.376 e. The summed E-state index contributed by atoms with van der Waals surface area (Å²) in [6.07, 6.45) is 2.41. The second-order valence-corrected chi connectivity index (χ2v) is 10.9. The minimum atomic E-state index is -3.71. The number of benzene rings is 2. The summed E-state index contributed by atoms with van der Waals surface area (Å²) in [6, 6.07) is 10.7. The Labute approximate surface area is 190 Å². The zero-order valence-corrected chi connectivity index (χ0v) is 19.4. The van der Waals surface area contributed by atoms with Crippen LogP contribution in [0, 0.1) is 5.82 Å². The van der Waals surface area contributed by atoms with Crippen molar-refractivity contribution in [3.63, 3.8) is 0 Å².